The molecule has 0 heterocycles. The van der Waals surface area contributed by atoms with Crippen molar-refractivity contribution >= 4 is 17.6 Å². The molecule has 0 aliphatic carbocycles. The van der Waals surface area contributed by atoms with Gasteiger partial charge in [0.25, 0.3) is 0 Å². The number of anilines is 1. The van der Waals surface area contributed by atoms with E-state index in [1.165, 1.54) is 0 Å². The molecule has 3 rings (SSSR count). The van der Waals surface area contributed by atoms with Crippen LogP contribution in [0.1, 0.15) is 26.3 Å². The third kappa shape index (κ3) is 4.54. The molecule has 27 heavy (non-hydrogen) atoms. The third-order valence-electron chi connectivity index (χ3n) is 4.20. The fraction of sp³-hybridized carbons (Fsp3) is 0.174. The maximum absolute atomic E-state index is 12.3. The van der Waals surface area contributed by atoms with Crippen LogP contribution in [-0.4, -0.2) is 16.9 Å². The van der Waals surface area contributed by atoms with Crippen molar-refractivity contribution in [2.75, 3.05) is 5.06 Å². The number of hydrogen-bond donors (Lipinski definition) is 1. The molecule has 0 aliphatic heterocycles. The molecule has 0 unspecified atom stereocenters. The Morgan fingerprint density at radius 1 is 0.852 bits per heavy atom. The first kappa shape index (κ1) is 18.7. The molecule has 4 heteroatoms. The van der Waals surface area contributed by atoms with Gasteiger partial charge >= 0.3 is 0 Å². The number of hydrogen-bond acceptors (Lipinski definition) is 3. The molecule has 0 saturated heterocycles. The number of aliphatic imine (C=N–C) groups is 1. The van der Waals surface area contributed by atoms with Gasteiger partial charge in [0.05, 0.1) is 16.9 Å². The minimum atomic E-state index is -0.464. The van der Waals surface area contributed by atoms with Gasteiger partial charge in [0, 0.05) is 11.8 Å². The van der Waals surface area contributed by atoms with Gasteiger partial charge in [0.1, 0.15) is 5.75 Å². The van der Waals surface area contributed by atoms with Crippen LogP contribution in [0.4, 0.5) is 11.4 Å². The number of phenolic OH excluding ortho intramolecular Hbond substituents is 1. The molecule has 137 valence electrons. The van der Waals surface area contributed by atoms with Crippen molar-refractivity contribution in [3.63, 3.8) is 0 Å². The van der Waals surface area contributed by atoms with E-state index in [-0.39, 0.29) is 5.75 Å². The van der Waals surface area contributed by atoms with E-state index in [0.717, 1.165) is 21.9 Å². The van der Waals surface area contributed by atoms with Crippen LogP contribution >= 0.6 is 0 Å². The quantitative estimate of drug-likeness (QED) is 0.475. The molecule has 3 aromatic carbocycles. The molecule has 0 aliphatic rings. The molecular formula is C23H23N2O2. The lowest BCUT2D eigenvalue weighted by molar-refractivity contribution is 0.102. The summed E-state index contributed by atoms with van der Waals surface area (Å²) >= 11 is 0. The highest BCUT2D eigenvalue weighted by Crippen LogP contribution is 2.27. The van der Waals surface area contributed by atoms with Gasteiger partial charge in [-0.25, -0.2) is 5.06 Å². The smallest absolute Gasteiger partial charge is 0.124 e. The van der Waals surface area contributed by atoms with E-state index < -0.39 is 5.54 Å². The predicted molar refractivity (Wildman–Crippen MR) is 110 cm³/mol. The van der Waals surface area contributed by atoms with Crippen LogP contribution in [0.15, 0.2) is 77.8 Å². The zero-order valence-corrected chi connectivity index (χ0v) is 15.8. The summed E-state index contributed by atoms with van der Waals surface area (Å²) in [6.07, 6.45) is 1.65. The van der Waals surface area contributed by atoms with Gasteiger partial charge in [0.2, 0.25) is 0 Å². The van der Waals surface area contributed by atoms with Crippen LogP contribution in [0.5, 0.6) is 5.75 Å². The lowest BCUT2D eigenvalue weighted by Gasteiger charge is -2.28. The van der Waals surface area contributed by atoms with Crippen LogP contribution in [0, 0.1) is 0 Å². The Balaban J connectivity index is 1.75. The minimum absolute atomic E-state index is 0.209. The molecule has 4 nitrogen and oxygen atoms in total. The second kappa shape index (κ2) is 7.64. The molecular weight excluding hydrogens is 336 g/mol. The summed E-state index contributed by atoms with van der Waals surface area (Å²) in [7, 11) is 0. The lowest BCUT2D eigenvalue weighted by Crippen LogP contribution is -2.37. The van der Waals surface area contributed by atoms with Crippen molar-refractivity contribution in [2.24, 2.45) is 4.99 Å². The van der Waals surface area contributed by atoms with Gasteiger partial charge in [0.15, 0.2) is 0 Å². The molecule has 0 aromatic heterocycles. The second-order valence-electron chi connectivity index (χ2n) is 7.38. The predicted octanol–water partition coefficient (Wildman–Crippen LogP) is 5.76. The van der Waals surface area contributed by atoms with Gasteiger partial charge in [-0.05, 0) is 68.3 Å². The zero-order valence-electron chi connectivity index (χ0n) is 15.8. The lowest BCUT2D eigenvalue weighted by atomic mass is 10.0. The summed E-state index contributed by atoms with van der Waals surface area (Å²) in [5.41, 5.74) is 3.76. The monoisotopic (exact) mass is 359 g/mol. The van der Waals surface area contributed by atoms with E-state index >= 15 is 0 Å². The first-order chi connectivity index (χ1) is 12.8. The summed E-state index contributed by atoms with van der Waals surface area (Å²) in [6.45, 7) is 5.67. The Hall–Kier alpha value is -3.11. The number of aromatic hydroxyl groups is 1. The number of para-hydroxylation sites is 1. The molecule has 0 bridgehead atoms. The first-order valence-electron chi connectivity index (χ1n) is 8.84. The van der Waals surface area contributed by atoms with E-state index in [2.05, 4.69) is 4.99 Å². The summed E-state index contributed by atoms with van der Waals surface area (Å²) in [4.78, 5) is 4.40. The fourth-order valence-electron chi connectivity index (χ4n) is 2.66. The Morgan fingerprint density at radius 3 is 1.96 bits per heavy atom. The van der Waals surface area contributed by atoms with E-state index in [4.69, 9.17) is 0 Å². The number of nitrogens with zero attached hydrogens (tertiary/aromatic N) is 2. The van der Waals surface area contributed by atoms with Crippen LogP contribution in [0.3, 0.4) is 0 Å². The summed E-state index contributed by atoms with van der Waals surface area (Å²) in [6, 6.07) is 22.5. The zero-order chi connectivity index (χ0) is 19.4. The molecule has 1 radical (unpaired) electrons. The number of benzene rings is 3. The minimum Gasteiger partial charge on any atom is -0.507 e. The fourth-order valence-corrected chi connectivity index (χ4v) is 2.66. The largest absolute Gasteiger partial charge is 0.507 e. The van der Waals surface area contributed by atoms with Crippen molar-refractivity contribution < 1.29 is 10.3 Å². The van der Waals surface area contributed by atoms with E-state index in [9.17, 15) is 10.3 Å². The molecule has 0 fully saturated rings. The van der Waals surface area contributed by atoms with Gasteiger partial charge < -0.3 is 5.11 Å². The van der Waals surface area contributed by atoms with Gasteiger partial charge in [-0.2, -0.15) is 0 Å². The average Bonchev–Trinajstić information content (AvgIpc) is 2.67. The Labute approximate surface area is 160 Å². The van der Waals surface area contributed by atoms with Crippen molar-refractivity contribution in [3.05, 3.63) is 78.4 Å². The van der Waals surface area contributed by atoms with Crippen LogP contribution in [-0.2, 0) is 5.21 Å². The molecule has 3 aromatic rings. The standard InChI is InChI=1S/C23H23N2O2/c1-23(2,3)25(27)21-14-10-18(11-15-21)17-8-12-20(13-9-17)24-16-19-6-4-5-7-22(19)26/h4-16,26H,1-3H3. The van der Waals surface area contributed by atoms with E-state index in [1.54, 1.807) is 18.3 Å². The van der Waals surface area contributed by atoms with Gasteiger partial charge in [-0.1, -0.05) is 41.6 Å². The van der Waals surface area contributed by atoms with Crippen molar-refractivity contribution in [2.45, 2.75) is 26.3 Å². The maximum Gasteiger partial charge on any atom is 0.124 e. The van der Waals surface area contributed by atoms with Gasteiger partial charge in [-0.3, -0.25) is 4.99 Å². The third-order valence-corrected chi connectivity index (χ3v) is 4.20. The van der Waals surface area contributed by atoms with Crippen LogP contribution in [0.2, 0.25) is 0 Å². The Bertz CT molecular complexity index is 924. The van der Waals surface area contributed by atoms with Crippen molar-refractivity contribution in [1.29, 1.82) is 0 Å². The maximum atomic E-state index is 12.3. The molecule has 0 spiro atoms. The van der Waals surface area contributed by atoms with Crippen LogP contribution < -0.4 is 5.06 Å². The summed E-state index contributed by atoms with van der Waals surface area (Å²) in [5, 5.41) is 23.1. The number of phenols is 1. The van der Waals surface area contributed by atoms with Crippen molar-refractivity contribution in [1.82, 2.24) is 0 Å². The summed E-state index contributed by atoms with van der Waals surface area (Å²) < 4.78 is 0. The number of hydroxylamine groups is 1. The molecule has 0 atom stereocenters. The molecule has 0 saturated carbocycles. The van der Waals surface area contributed by atoms with Crippen molar-refractivity contribution in [3.8, 4) is 16.9 Å². The highest BCUT2D eigenvalue weighted by molar-refractivity contribution is 5.85. The van der Waals surface area contributed by atoms with Gasteiger partial charge in [-0.15, -0.1) is 0 Å². The van der Waals surface area contributed by atoms with E-state index in [1.807, 2.05) is 81.4 Å². The first-order valence-corrected chi connectivity index (χ1v) is 8.84. The molecule has 1 N–H and O–H groups in total. The van der Waals surface area contributed by atoms with E-state index in [0.29, 0.717) is 11.3 Å². The Morgan fingerprint density at radius 2 is 1.41 bits per heavy atom. The highest BCUT2D eigenvalue weighted by atomic mass is 16.5. The second-order valence-corrected chi connectivity index (χ2v) is 7.38. The van der Waals surface area contributed by atoms with Crippen LogP contribution in [0.25, 0.3) is 11.1 Å². The topological polar surface area (TPSA) is 55.7 Å². The highest BCUT2D eigenvalue weighted by Gasteiger charge is 2.21. The molecule has 0 amide bonds. The summed E-state index contributed by atoms with van der Waals surface area (Å²) in [5.74, 6) is 0.209. The average molecular weight is 359 g/mol. The number of rotatable bonds is 4. The Kier molecular flexibility index (Phi) is 5.28. The normalized spacial score (nSPS) is 11.7. The SMILES string of the molecule is CC(C)(C)N([O])c1ccc(-c2ccc(N=Cc3ccccc3O)cc2)cc1.